The number of ether oxygens (including phenoxy) is 3. The van der Waals surface area contributed by atoms with E-state index in [0.29, 0.717) is 22.9 Å². The van der Waals surface area contributed by atoms with Crippen LogP contribution < -0.4 is 4.74 Å². The number of hydrogen-bond acceptors (Lipinski definition) is 5. The van der Waals surface area contributed by atoms with Gasteiger partial charge in [0.1, 0.15) is 12.4 Å². The number of carbonyl (C=O) groups excluding carboxylic acids is 1. The molecule has 1 aromatic heterocycles. The summed E-state index contributed by atoms with van der Waals surface area (Å²) < 4.78 is 16.2. The van der Waals surface area contributed by atoms with E-state index in [1.807, 2.05) is 19.9 Å². The van der Waals surface area contributed by atoms with E-state index in [2.05, 4.69) is 0 Å². The van der Waals surface area contributed by atoms with Crippen molar-refractivity contribution in [2.75, 3.05) is 6.79 Å². The Morgan fingerprint density at radius 3 is 2.91 bits per heavy atom. The average Bonchev–Trinajstić information content (AvgIpc) is 2.83. The number of esters is 1. The van der Waals surface area contributed by atoms with Gasteiger partial charge in [0.15, 0.2) is 6.79 Å². The average molecular weight is 339 g/mol. The zero-order chi connectivity index (χ0) is 15.7. The fourth-order valence-corrected chi connectivity index (χ4v) is 3.59. The van der Waals surface area contributed by atoms with Crippen molar-refractivity contribution >= 4 is 28.9 Å². The molecule has 0 atom stereocenters. The molecule has 1 aromatic carbocycles. The minimum atomic E-state index is -0.331. The lowest BCUT2D eigenvalue weighted by Gasteiger charge is -2.21. The predicted molar refractivity (Wildman–Crippen MR) is 84.6 cm³/mol. The first-order valence-electron chi connectivity index (χ1n) is 6.80. The van der Waals surface area contributed by atoms with Gasteiger partial charge in [-0.25, -0.2) is 4.79 Å². The second-order valence-electron chi connectivity index (χ2n) is 5.07. The number of halogens is 1. The Balaban J connectivity index is 1.78. The molecule has 2 heterocycles. The summed E-state index contributed by atoms with van der Waals surface area (Å²) in [5.41, 5.74) is 2.23. The van der Waals surface area contributed by atoms with Crippen molar-refractivity contribution in [3.8, 4) is 5.75 Å². The van der Waals surface area contributed by atoms with Crippen LogP contribution in [0.1, 0.15) is 31.2 Å². The van der Waals surface area contributed by atoms with Gasteiger partial charge in [-0.05, 0) is 32.0 Å². The summed E-state index contributed by atoms with van der Waals surface area (Å²) >= 11 is 7.67. The number of hydrogen-bond donors (Lipinski definition) is 0. The van der Waals surface area contributed by atoms with E-state index >= 15 is 0 Å². The third-order valence-corrected chi connectivity index (χ3v) is 4.56. The van der Waals surface area contributed by atoms with Crippen molar-refractivity contribution in [2.45, 2.75) is 27.1 Å². The van der Waals surface area contributed by atoms with E-state index < -0.39 is 0 Å². The van der Waals surface area contributed by atoms with Gasteiger partial charge < -0.3 is 14.2 Å². The topological polar surface area (TPSA) is 44.8 Å². The van der Waals surface area contributed by atoms with Crippen LogP contribution in [0.3, 0.4) is 0 Å². The van der Waals surface area contributed by atoms with E-state index in [9.17, 15) is 4.79 Å². The first kappa shape index (κ1) is 15.3. The van der Waals surface area contributed by atoms with Crippen LogP contribution in [0.15, 0.2) is 18.2 Å². The molecular weight excluding hydrogens is 324 g/mol. The molecule has 0 bridgehead atoms. The maximum Gasteiger partial charge on any atom is 0.339 e. The molecule has 0 spiro atoms. The van der Waals surface area contributed by atoms with Crippen molar-refractivity contribution < 1.29 is 19.0 Å². The van der Waals surface area contributed by atoms with Crippen molar-refractivity contribution in [1.29, 1.82) is 0 Å². The smallest absolute Gasteiger partial charge is 0.339 e. The van der Waals surface area contributed by atoms with Gasteiger partial charge in [-0.1, -0.05) is 11.6 Å². The molecule has 1 aliphatic rings. The molecule has 4 nitrogen and oxygen atoms in total. The van der Waals surface area contributed by atoms with E-state index in [1.165, 1.54) is 0 Å². The molecule has 1 aliphatic heterocycles. The summed E-state index contributed by atoms with van der Waals surface area (Å²) in [6, 6.07) is 5.40. The standard InChI is InChI=1S/C16H15ClO4S/c1-9-3-14(10(2)22-9)16(18)20-7-12-5-13(17)4-11-6-19-8-21-15(11)12/h3-5H,6-8H2,1-2H3. The monoisotopic (exact) mass is 338 g/mol. The molecule has 0 N–H and O–H groups in total. The summed E-state index contributed by atoms with van der Waals surface area (Å²) in [6.07, 6.45) is 0. The normalized spacial score (nSPS) is 13.4. The third-order valence-electron chi connectivity index (χ3n) is 3.37. The molecule has 0 saturated heterocycles. The second kappa shape index (κ2) is 6.28. The number of benzene rings is 1. The first-order chi connectivity index (χ1) is 10.5. The van der Waals surface area contributed by atoms with Crippen LogP contribution in [-0.2, 0) is 22.7 Å². The molecule has 0 fully saturated rings. The molecule has 0 amide bonds. The summed E-state index contributed by atoms with van der Waals surface area (Å²) in [5.74, 6) is 0.365. The molecule has 3 rings (SSSR count). The van der Waals surface area contributed by atoms with Crippen LogP contribution >= 0.6 is 22.9 Å². The van der Waals surface area contributed by atoms with Crippen LogP contribution in [-0.4, -0.2) is 12.8 Å². The predicted octanol–water partition coefficient (Wildman–Crippen LogP) is 4.24. The quantitative estimate of drug-likeness (QED) is 0.785. The Labute approximate surface area is 137 Å². The zero-order valence-corrected chi connectivity index (χ0v) is 13.8. The maximum atomic E-state index is 12.2. The molecular formula is C16H15ClO4S. The first-order valence-corrected chi connectivity index (χ1v) is 8.00. The fraction of sp³-hybridized carbons (Fsp3) is 0.312. The van der Waals surface area contributed by atoms with E-state index in [4.69, 9.17) is 25.8 Å². The van der Waals surface area contributed by atoms with Gasteiger partial charge in [0.25, 0.3) is 0 Å². The van der Waals surface area contributed by atoms with Gasteiger partial charge in [0, 0.05) is 25.9 Å². The van der Waals surface area contributed by atoms with Crippen LogP contribution in [0.2, 0.25) is 5.02 Å². The Morgan fingerprint density at radius 2 is 2.18 bits per heavy atom. The van der Waals surface area contributed by atoms with Crippen molar-refractivity contribution in [2.24, 2.45) is 0 Å². The number of thiophene rings is 1. The zero-order valence-electron chi connectivity index (χ0n) is 12.3. The lowest BCUT2D eigenvalue weighted by molar-refractivity contribution is -0.0180. The van der Waals surface area contributed by atoms with Gasteiger partial charge in [-0.15, -0.1) is 11.3 Å². The van der Waals surface area contributed by atoms with E-state index in [-0.39, 0.29) is 19.4 Å². The maximum absolute atomic E-state index is 12.2. The van der Waals surface area contributed by atoms with Crippen molar-refractivity contribution in [3.63, 3.8) is 0 Å². The summed E-state index contributed by atoms with van der Waals surface area (Å²) in [4.78, 5) is 14.2. The second-order valence-corrected chi connectivity index (χ2v) is 6.96. The Hall–Kier alpha value is -1.56. The van der Waals surface area contributed by atoms with E-state index in [1.54, 1.807) is 23.5 Å². The lowest BCUT2D eigenvalue weighted by Crippen LogP contribution is -2.14. The molecule has 0 radical (unpaired) electrons. The van der Waals surface area contributed by atoms with Crippen LogP contribution in [0.25, 0.3) is 0 Å². The fourth-order valence-electron chi connectivity index (χ4n) is 2.42. The summed E-state index contributed by atoms with van der Waals surface area (Å²) in [6.45, 7) is 4.64. The Kier molecular flexibility index (Phi) is 4.38. The summed E-state index contributed by atoms with van der Waals surface area (Å²) in [5, 5.41) is 0.571. The minimum absolute atomic E-state index is 0.121. The third kappa shape index (κ3) is 3.11. The molecule has 116 valence electrons. The van der Waals surface area contributed by atoms with Crippen LogP contribution in [0, 0.1) is 13.8 Å². The molecule has 0 aliphatic carbocycles. The molecule has 0 saturated carbocycles. The highest BCUT2D eigenvalue weighted by atomic mass is 35.5. The van der Waals surface area contributed by atoms with Gasteiger partial charge >= 0.3 is 5.97 Å². The van der Waals surface area contributed by atoms with Gasteiger partial charge in [-0.3, -0.25) is 0 Å². The molecule has 2 aromatic rings. The highest BCUT2D eigenvalue weighted by Gasteiger charge is 2.19. The highest BCUT2D eigenvalue weighted by Crippen LogP contribution is 2.32. The van der Waals surface area contributed by atoms with Crippen LogP contribution in [0.4, 0.5) is 0 Å². The lowest BCUT2D eigenvalue weighted by atomic mass is 10.1. The Bertz CT molecular complexity index is 723. The molecule has 22 heavy (non-hydrogen) atoms. The number of rotatable bonds is 3. The van der Waals surface area contributed by atoms with Crippen LogP contribution in [0.5, 0.6) is 5.75 Å². The van der Waals surface area contributed by atoms with E-state index in [0.717, 1.165) is 20.9 Å². The van der Waals surface area contributed by atoms with Crippen molar-refractivity contribution in [3.05, 3.63) is 49.7 Å². The summed E-state index contributed by atoms with van der Waals surface area (Å²) in [7, 11) is 0. The van der Waals surface area contributed by atoms with Gasteiger partial charge in [-0.2, -0.15) is 0 Å². The van der Waals surface area contributed by atoms with Gasteiger partial charge in [0.05, 0.1) is 12.2 Å². The largest absolute Gasteiger partial charge is 0.467 e. The highest BCUT2D eigenvalue weighted by molar-refractivity contribution is 7.12. The molecule has 0 unspecified atom stereocenters. The SMILES string of the molecule is Cc1cc(C(=O)OCc2cc(Cl)cc3c2OCOC3)c(C)s1. The number of carbonyl (C=O) groups is 1. The Morgan fingerprint density at radius 1 is 1.36 bits per heavy atom. The van der Waals surface area contributed by atoms with Crippen molar-refractivity contribution in [1.82, 2.24) is 0 Å². The minimum Gasteiger partial charge on any atom is -0.467 e. The molecule has 6 heteroatoms. The number of fused-ring (bicyclic) bond motifs is 1. The number of aryl methyl sites for hydroxylation is 2. The van der Waals surface area contributed by atoms with Gasteiger partial charge in [0.2, 0.25) is 0 Å².